The van der Waals surface area contributed by atoms with E-state index in [0.717, 1.165) is 15.6 Å². The van der Waals surface area contributed by atoms with Gasteiger partial charge in [-0.2, -0.15) is 0 Å². The van der Waals surface area contributed by atoms with Crippen LogP contribution in [0.15, 0.2) is 46.9 Å². The molecule has 2 aromatic rings. The standard InChI is InChI=1S/C16H17BrFNO/c1-11(19)9-12-6-4-8-15(18)16(12)20-10-13-5-2-3-7-14(13)17/h2-8,11H,9-10,19H2,1H3. The van der Waals surface area contributed by atoms with Gasteiger partial charge in [0.15, 0.2) is 11.6 Å². The molecule has 0 heterocycles. The molecular formula is C16H17BrFNO. The van der Waals surface area contributed by atoms with E-state index in [2.05, 4.69) is 15.9 Å². The van der Waals surface area contributed by atoms with E-state index in [1.165, 1.54) is 6.07 Å². The molecule has 0 spiro atoms. The summed E-state index contributed by atoms with van der Waals surface area (Å²) in [5, 5.41) is 0. The summed E-state index contributed by atoms with van der Waals surface area (Å²) in [5.74, 6) is -0.0595. The Bertz CT molecular complexity index is 586. The average Bonchev–Trinajstić information content (AvgIpc) is 2.39. The predicted molar refractivity (Wildman–Crippen MR) is 82.2 cm³/mol. The SMILES string of the molecule is CC(N)Cc1cccc(F)c1OCc1ccccc1Br. The third-order valence-corrected chi connectivity index (χ3v) is 3.69. The van der Waals surface area contributed by atoms with Crippen molar-refractivity contribution in [3.05, 3.63) is 63.9 Å². The minimum absolute atomic E-state index is 0.0392. The van der Waals surface area contributed by atoms with Gasteiger partial charge in [0.2, 0.25) is 0 Å². The van der Waals surface area contributed by atoms with E-state index in [0.29, 0.717) is 18.8 Å². The van der Waals surface area contributed by atoms with Crippen LogP contribution in [0.4, 0.5) is 4.39 Å². The molecule has 0 fully saturated rings. The zero-order valence-corrected chi connectivity index (χ0v) is 12.9. The number of ether oxygens (including phenoxy) is 1. The predicted octanol–water partition coefficient (Wildman–Crippen LogP) is 4.06. The number of halogens is 2. The van der Waals surface area contributed by atoms with Gasteiger partial charge in [0.1, 0.15) is 6.61 Å². The highest BCUT2D eigenvalue weighted by Gasteiger charge is 2.12. The van der Waals surface area contributed by atoms with Gasteiger partial charge in [-0.05, 0) is 31.0 Å². The quantitative estimate of drug-likeness (QED) is 0.892. The molecule has 0 aromatic heterocycles. The first-order valence-corrected chi connectivity index (χ1v) is 7.26. The largest absolute Gasteiger partial charge is 0.486 e. The highest BCUT2D eigenvalue weighted by molar-refractivity contribution is 9.10. The van der Waals surface area contributed by atoms with Crippen molar-refractivity contribution in [2.75, 3.05) is 0 Å². The van der Waals surface area contributed by atoms with Crippen LogP contribution in [0.2, 0.25) is 0 Å². The molecule has 2 N–H and O–H groups in total. The molecule has 0 aliphatic rings. The second kappa shape index (κ2) is 6.86. The summed E-state index contributed by atoms with van der Waals surface area (Å²) in [5.41, 5.74) is 7.56. The number of hydrogen-bond donors (Lipinski definition) is 1. The number of benzene rings is 2. The van der Waals surface area contributed by atoms with E-state index < -0.39 is 0 Å². The Morgan fingerprint density at radius 2 is 1.85 bits per heavy atom. The Balaban J connectivity index is 2.18. The Morgan fingerprint density at radius 1 is 1.15 bits per heavy atom. The summed E-state index contributed by atoms with van der Waals surface area (Å²) >= 11 is 3.45. The molecular weight excluding hydrogens is 321 g/mol. The van der Waals surface area contributed by atoms with Gasteiger partial charge in [0.05, 0.1) is 0 Å². The van der Waals surface area contributed by atoms with E-state index in [1.54, 1.807) is 6.07 Å². The minimum Gasteiger partial charge on any atom is -0.486 e. The van der Waals surface area contributed by atoms with Crippen LogP contribution in [0.5, 0.6) is 5.75 Å². The monoisotopic (exact) mass is 337 g/mol. The van der Waals surface area contributed by atoms with E-state index in [1.807, 2.05) is 37.3 Å². The highest BCUT2D eigenvalue weighted by Crippen LogP contribution is 2.26. The zero-order chi connectivity index (χ0) is 14.5. The molecule has 106 valence electrons. The number of nitrogens with two attached hydrogens (primary N) is 1. The average molecular weight is 338 g/mol. The van der Waals surface area contributed by atoms with Crippen molar-refractivity contribution in [2.24, 2.45) is 5.73 Å². The summed E-state index contributed by atoms with van der Waals surface area (Å²) in [7, 11) is 0. The molecule has 0 aliphatic carbocycles. The third-order valence-electron chi connectivity index (χ3n) is 2.92. The number of para-hydroxylation sites is 1. The first-order chi connectivity index (χ1) is 9.58. The first kappa shape index (κ1) is 15.0. The van der Waals surface area contributed by atoms with Crippen molar-refractivity contribution in [1.29, 1.82) is 0 Å². The maximum Gasteiger partial charge on any atom is 0.165 e. The van der Waals surface area contributed by atoms with Gasteiger partial charge < -0.3 is 10.5 Å². The summed E-state index contributed by atoms with van der Waals surface area (Å²) in [6, 6.07) is 12.6. The van der Waals surface area contributed by atoms with Crippen LogP contribution in [0.3, 0.4) is 0 Å². The smallest absolute Gasteiger partial charge is 0.165 e. The maximum absolute atomic E-state index is 13.9. The summed E-state index contributed by atoms with van der Waals surface area (Å²) in [6.45, 7) is 2.21. The lowest BCUT2D eigenvalue weighted by Crippen LogP contribution is -2.18. The minimum atomic E-state index is -0.352. The lowest BCUT2D eigenvalue weighted by atomic mass is 10.1. The van der Waals surface area contributed by atoms with Gasteiger partial charge in [0.25, 0.3) is 0 Å². The molecule has 4 heteroatoms. The molecule has 0 radical (unpaired) electrons. The molecule has 20 heavy (non-hydrogen) atoms. The van der Waals surface area contributed by atoms with Crippen molar-refractivity contribution in [3.63, 3.8) is 0 Å². The van der Waals surface area contributed by atoms with Gasteiger partial charge in [-0.3, -0.25) is 0 Å². The lowest BCUT2D eigenvalue weighted by Gasteiger charge is -2.14. The van der Waals surface area contributed by atoms with E-state index in [-0.39, 0.29) is 11.9 Å². The third kappa shape index (κ3) is 3.81. The van der Waals surface area contributed by atoms with Crippen LogP contribution in [-0.4, -0.2) is 6.04 Å². The van der Waals surface area contributed by atoms with E-state index >= 15 is 0 Å². The summed E-state index contributed by atoms with van der Waals surface area (Å²) < 4.78 is 20.6. The molecule has 1 unspecified atom stereocenters. The second-order valence-corrected chi connectivity index (χ2v) is 5.64. The number of rotatable bonds is 5. The molecule has 2 nitrogen and oxygen atoms in total. The molecule has 0 aliphatic heterocycles. The second-order valence-electron chi connectivity index (χ2n) is 4.79. The molecule has 0 saturated carbocycles. The summed E-state index contributed by atoms with van der Waals surface area (Å²) in [6.07, 6.45) is 0.586. The fourth-order valence-corrected chi connectivity index (χ4v) is 2.39. The number of hydrogen-bond acceptors (Lipinski definition) is 2. The zero-order valence-electron chi connectivity index (χ0n) is 11.3. The van der Waals surface area contributed by atoms with E-state index in [4.69, 9.17) is 10.5 Å². The molecule has 1 atom stereocenters. The fraction of sp³-hybridized carbons (Fsp3) is 0.250. The van der Waals surface area contributed by atoms with Crippen LogP contribution in [0, 0.1) is 5.82 Å². The Kier molecular flexibility index (Phi) is 5.15. The normalized spacial score (nSPS) is 12.2. The Morgan fingerprint density at radius 3 is 2.55 bits per heavy atom. The molecule has 0 amide bonds. The molecule has 2 aromatic carbocycles. The van der Waals surface area contributed by atoms with Gasteiger partial charge >= 0.3 is 0 Å². The van der Waals surface area contributed by atoms with Crippen molar-refractivity contribution in [2.45, 2.75) is 26.0 Å². The Labute approximate surface area is 126 Å². The topological polar surface area (TPSA) is 35.2 Å². The Hall–Kier alpha value is -1.39. The lowest BCUT2D eigenvalue weighted by molar-refractivity contribution is 0.285. The van der Waals surface area contributed by atoms with Crippen molar-refractivity contribution in [1.82, 2.24) is 0 Å². The van der Waals surface area contributed by atoms with Gasteiger partial charge in [-0.15, -0.1) is 0 Å². The molecule has 2 rings (SSSR count). The van der Waals surface area contributed by atoms with Crippen LogP contribution < -0.4 is 10.5 Å². The van der Waals surface area contributed by atoms with Crippen LogP contribution in [-0.2, 0) is 13.0 Å². The van der Waals surface area contributed by atoms with Gasteiger partial charge in [-0.1, -0.05) is 46.3 Å². The molecule has 0 saturated heterocycles. The van der Waals surface area contributed by atoms with Crippen molar-refractivity contribution >= 4 is 15.9 Å². The van der Waals surface area contributed by atoms with Crippen LogP contribution in [0.1, 0.15) is 18.1 Å². The highest BCUT2D eigenvalue weighted by atomic mass is 79.9. The fourth-order valence-electron chi connectivity index (χ4n) is 1.99. The van der Waals surface area contributed by atoms with Crippen LogP contribution in [0.25, 0.3) is 0 Å². The van der Waals surface area contributed by atoms with Crippen molar-refractivity contribution < 1.29 is 9.13 Å². The van der Waals surface area contributed by atoms with Gasteiger partial charge in [0, 0.05) is 16.1 Å². The van der Waals surface area contributed by atoms with Crippen LogP contribution >= 0.6 is 15.9 Å². The molecule has 0 bridgehead atoms. The first-order valence-electron chi connectivity index (χ1n) is 6.47. The maximum atomic E-state index is 13.9. The van der Waals surface area contributed by atoms with Gasteiger partial charge in [-0.25, -0.2) is 4.39 Å². The summed E-state index contributed by atoms with van der Waals surface area (Å²) in [4.78, 5) is 0. The van der Waals surface area contributed by atoms with E-state index in [9.17, 15) is 4.39 Å². The van der Waals surface area contributed by atoms with Crippen molar-refractivity contribution in [3.8, 4) is 5.75 Å².